The molecule has 0 aliphatic heterocycles. The van der Waals surface area contributed by atoms with Gasteiger partial charge in [0.25, 0.3) is 0 Å². The lowest BCUT2D eigenvalue weighted by Crippen LogP contribution is -1.82. The van der Waals surface area contributed by atoms with Crippen molar-refractivity contribution in [2.24, 2.45) is 0 Å². The number of nitrogens with zero attached hydrogens (tertiary/aromatic N) is 2. The molecule has 0 saturated carbocycles. The van der Waals surface area contributed by atoms with E-state index >= 15 is 0 Å². The van der Waals surface area contributed by atoms with Crippen LogP contribution in [0.2, 0.25) is 0 Å². The molecule has 0 saturated heterocycles. The van der Waals surface area contributed by atoms with Gasteiger partial charge < -0.3 is 5.73 Å². The third kappa shape index (κ3) is 1.03. The summed E-state index contributed by atoms with van der Waals surface area (Å²) in [5, 5.41) is 9.55. The molecule has 0 aromatic carbocycles. The highest BCUT2D eigenvalue weighted by molar-refractivity contribution is 7.23. The molecule has 2 heterocycles. The van der Waals surface area contributed by atoms with Crippen LogP contribution >= 0.6 is 11.3 Å². The first-order valence-electron chi connectivity index (χ1n) is 3.45. The third-order valence-corrected chi connectivity index (χ3v) is 2.74. The van der Waals surface area contributed by atoms with Gasteiger partial charge in [0.1, 0.15) is 11.1 Å². The molecule has 0 amide bonds. The number of pyridine rings is 1. The molecule has 0 bridgehead atoms. The van der Waals surface area contributed by atoms with Crippen LogP contribution in [0.25, 0.3) is 10.1 Å². The van der Waals surface area contributed by atoms with Gasteiger partial charge in [0.2, 0.25) is 0 Å². The summed E-state index contributed by atoms with van der Waals surface area (Å²) in [4.78, 5) is 3.66. The highest BCUT2D eigenvalue weighted by Crippen LogP contribution is 2.33. The summed E-state index contributed by atoms with van der Waals surface area (Å²) in [5.41, 5.74) is 5.85. The number of hydrogen-bond acceptors (Lipinski definition) is 4. The van der Waals surface area contributed by atoms with E-state index < -0.39 is 5.82 Å². The van der Waals surface area contributed by atoms with Crippen molar-refractivity contribution in [1.82, 2.24) is 4.98 Å². The number of nitriles is 1. The average molecular weight is 193 g/mol. The Labute approximate surface area is 77.2 Å². The molecular weight excluding hydrogens is 189 g/mol. The zero-order valence-corrected chi connectivity index (χ0v) is 7.23. The van der Waals surface area contributed by atoms with E-state index in [9.17, 15) is 4.39 Å². The van der Waals surface area contributed by atoms with Gasteiger partial charge in [-0.15, -0.1) is 11.3 Å². The fourth-order valence-corrected chi connectivity index (χ4v) is 2.01. The number of fused-ring (bicyclic) bond motifs is 1. The van der Waals surface area contributed by atoms with Crippen molar-refractivity contribution < 1.29 is 4.39 Å². The molecule has 0 aliphatic carbocycles. The Morgan fingerprint density at radius 1 is 1.54 bits per heavy atom. The first-order valence-corrected chi connectivity index (χ1v) is 4.27. The molecule has 0 radical (unpaired) electrons. The van der Waals surface area contributed by atoms with Crippen LogP contribution in [0.4, 0.5) is 9.39 Å². The summed E-state index contributed by atoms with van der Waals surface area (Å²) in [6.07, 6.45) is 2.56. The Morgan fingerprint density at radius 3 is 3.00 bits per heavy atom. The number of nitrogens with two attached hydrogens (primary N) is 1. The van der Waals surface area contributed by atoms with Crippen molar-refractivity contribution in [2.75, 3.05) is 5.73 Å². The minimum absolute atomic E-state index is 0.312. The number of aromatic nitrogens is 1. The lowest BCUT2D eigenvalue weighted by molar-refractivity contribution is 0.636. The number of thiophene rings is 1. The Balaban J connectivity index is 2.96. The lowest BCUT2D eigenvalue weighted by Gasteiger charge is -1.88. The summed E-state index contributed by atoms with van der Waals surface area (Å²) in [7, 11) is 0. The predicted octanol–water partition coefficient (Wildman–Crippen LogP) is 1.89. The topological polar surface area (TPSA) is 62.7 Å². The van der Waals surface area contributed by atoms with Gasteiger partial charge in [-0.05, 0) is 0 Å². The third-order valence-electron chi connectivity index (χ3n) is 1.69. The largest absolute Gasteiger partial charge is 0.389 e. The second-order valence-electron chi connectivity index (χ2n) is 2.45. The Morgan fingerprint density at radius 2 is 2.31 bits per heavy atom. The van der Waals surface area contributed by atoms with Crippen LogP contribution in [-0.2, 0) is 0 Å². The molecule has 0 unspecified atom stereocenters. The van der Waals surface area contributed by atoms with E-state index in [2.05, 4.69) is 4.98 Å². The SMILES string of the molecule is N#Cc1c(N)sc2c(F)cncc12. The van der Waals surface area contributed by atoms with E-state index in [1.54, 1.807) is 0 Å². The Hall–Kier alpha value is -1.67. The van der Waals surface area contributed by atoms with Crippen molar-refractivity contribution >= 4 is 26.4 Å². The molecule has 5 heteroatoms. The molecule has 3 nitrogen and oxygen atoms in total. The molecule has 2 N–H and O–H groups in total. The molecule has 0 fully saturated rings. The van der Waals surface area contributed by atoms with Crippen molar-refractivity contribution in [1.29, 1.82) is 5.26 Å². The van der Waals surface area contributed by atoms with E-state index in [4.69, 9.17) is 11.0 Å². The monoisotopic (exact) mass is 193 g/mol. The van der Waals surface area contributed by atoms with Crippen LogP contribution in [-0.4, -0.2) is 4.98 Å². The van der Waals surface area contributed by atoms with Gasteiger partial charge in [-0.3, -0.25) is 4.98 Å². The molecular formula is C8H4FN3S. The Kier molecular flexibility index (Phi) is 1.64. The second kappa shape index (κ2) is 2.68. The molecule has 0 spiro atoms. The summed E-state index contributed by atoms with van der Waals surface area (Å²) in [6.45, 7) is 0. The van der Waals surface area contributed by atoms with Gasteiger partial charge in [-0.1, -0.05) is 0 Å². The zero-order chi connectivity index (χ0) is 9.42. The maximum Gasteiger partial charge on any atom is 0.159 e. The first kappa shape index (κ1) is 7.95. The Bertz CT molecular complexity index is 512. The van der Waals surface area contributed by atoms with Gasteiger partial charge >= 0.3 is 0 Å². The van der Waals surface area contributed by atoms with Crippen LogP contribution in [0, 0.1) is 17.1 Å². The van der Waals surface area contributed by atoms with Crippen LogP contribution in [0.15, 0.2) is 12.4 Å². The summed E-state index contributed by atoms with van der Waals surface area (Å²) < 4.78 is 13.5. The van der Waals surface area contributed by atoms with E-state index in [-0.39, 0.29) is 0 Å². The van der Waals surface area contributed by atoms with Gasteiger partial charge in [0, 0.05) is 11.6 Å². The summed E-state index contributed by atoms with van der Waals surface area (Å²) in [6, 6.07) is 1.92. The lowest BCUT2D eigenvalue weighted by atomic mass is 10.2. The average Bonchev–Trinajstić information content (AvgIpc) is 2.43. The normalized spacial score (nSPS) is 10.2. The molecule has 0 aliphatic rings. The van der Waals surface area contributed by atoms with Crippen LogP contribution in [0.5, 0.6) is 0 Å². The van der Waals surface area contributed by atoms with E-state index in [0.29, 0.717) is 20.7 Å². The van der Waals surface area contributed by atoms with Crippen LogP contribution in [0.3, 0.4) is 0 Å². The highest BCUT2D eigenvalue weighted by atomic mass is 32.1. The van der Waals surface area contributed by atoms with Crippen molar-refractivity contribution in [2.45, 2.75) is 0 Å². The maximum atomic E-state index is 13.1. The molecule has 13 heavy (non-hydrogen) atoms. The number of anilines is 1. The van der Waals surface area contributed by atoms with Gasteiger partial charge in [0.15, 0.2) is 5.82 Å². The minimum Gasteiger partial charge on any atom is -0.389 e. The number of hydrogen-bond donors (Lipinski definition) is 1. The molecule has 64 valence electrons. The van der Waals surface area contributed by atoms with Gasteiger partial charge in [0.05, 0.1) is 16.5 Å². The fourth-order valence-electron chi connectivity index (χ4n) is 1.11. The van der Waals surface area contributed by atoms with Crippen molar-refractivity contribution in [3.05, 3.63) is 23.8 Å². The number of nitrogen functional groups attached to an aromatic ring is 1. The van der Waals surface area contributed by atoms with Gasteiger partial charge in [-0.25, -0.2) is 4.39 Å². The zero-order valence-electron chi connectivity index (χ0n) is 6.41. The minimum atomic E-state index is -0.435. The molecule has 2 aromatic heterocycles. The van der Waals surface area contributed by atoms with E-state index in [1.165, 1.54) is 6.20 Å². The van der Waals surface area contributed by atoms with Crippen LogP contribution in [0.1, 0.15) is 5.56 Å². The standard InChI is InChI=1S/C8H4FN3S/c9-6-3-12-2-5-4(1-10)8(11)13-7(5)6/h2-3H,11H2. The second-order valence-corrected chi connectivity index (χ2v) is 3.50. The van der Waals surface area contributed by atoms with Crippen molar-refractivity contribution in [3.8, 4) is 6.07 Å². The fraction of sp³-hybridized carbons (Fsp3) is 0. The predicted molar refractivity (Wildman–Crippen MR) is 48.7 cm³/mol. The van der Waals surface area contributed by atoms with E-state index in [0.717, 1.165) is 17.5 Å². The van der Waals surface area contributed by atoms with Crippen molar-refractivity contribution in [3.63, 3.8) is 0 Å². The number of rotatable bonds is 0. The summed E-state index contributed by atoms with van der Waals surface area (Å²) in [5.74, 6) is -0.435. The highest BCUT2D eigenvalue weighted by Gasteiger charge is 2.12. The maximum absolute atomic E-state index is 13.1. The quantitative estimate of drug-likeness (QED) is 0.694. The molecule has 0 atom stereocenters. The first-order chi connectivity index (χ1) is 6.24. The molecule has 2 rings (SSSR count). The smallest absolute Gasteiger partial charge is 0.159 e. The van der Waals surface area contributed by atoms with Gasteiger partial charge in [-0.2, -0.15) is 5.26 Å². The van der Waals surface area contributed by atoms with Crippen LogP contribution < -0.4 is 5.73 Å². The summed E-state index contributed by atoms with van der Waals surface area (Å²) >= 11 is 1.07. The van der Waals surface area contributed by atoms with E-state index in [1.807, 2.05) is 6.07 Å². The number of halogens is 1. The molecule has 2 aromatic rings.